The molecular formula is C23H33N3O4S. The lowest BCUT2D eigenvalue weighted by molar-refractivity contribution is 0.0934. The molecule has 1 heterocycles. The summed E-state index contributed by atoms with van der Waals surface area (Å²) in [6.45, 7) is 4.86. The Hall–Kier alpha value is -2.32. The van der Waals surface area contributed by atoms with Crippen LogP contribution in [0, 0.1) is 0 Å². The van der Waals surface area contributed by atoms with Gasteiger partial charge in [-0.2, -0.15) is 4.31 Å². The Morgan fingerprint density at radius 2 is 1.84 bits per heavy atom. The fraction of sp³-hybridized carbons (Fsp3) is 0.522. The van der Waals surface area contributed by atoms with Crippen molar-refractivity contribution in [2.75, 3.05) is 26.7 Å². The number of ether oxygens (including phenoxy) is 1. The van der Waals surface area contributed by atoms with Crippen molar-refractivity contribution in [1.82, 2.24) is 14.2 Å². The van der Waals surface area contributed by atoms with Gasteiger partial charge in [0, 0.05) is 43.9 Å². The Kier molecular flexibility index (Phi) is 7.11. The van der Waals surface area contributed by atoms with Crippen LogP contribution in [-0.4, -0.2) is 49.9 Å². The van der Waals surface area contributed by atoms with Gasteiger partial charge in [-0.1, -0.05) is 44.9 Å². The van der Waals surface area contributed by atoms with Gasteiger partial charge in [0.05, 0.1) is 7.11 Å². The van der Waals surface area contributed by atoms with Crippen molar-refractivity contribution in [2.24, 2.45) is 7.05 Å². The second-order valence-corrected chi connectivity index (χ2v) is 10.1. The van der Waals surface area contributed by atoms with Gasteiger partial charge >= 0.3 is 0 Å². The number of sulfonamides is 1. The predicted octanol–water partition coefficient (Wildman–Crippen LogP) is 3.31. The maximum absolute atomic E-state index is 13.0. The molecular weight excluding hydrogens is 414 g/mol. The molecule has 0 spiro atoms. The molecule has 2 aromatic rings. The fourth-order valence-electron chi connectivity index (χ4n) is 4.63. The van der Waals surface area contributed by atoms with E-state index >= 15 is 0 Å². The van der Waals surface area contributed by atoms with Crippen LogP contribution in [0.1, 0.15) is 55.6 Å². The number of aromatic nitrogens is 1. The minimum atomic E-state index is -3.62. The van der Waals surface area contributed by atoms with Crippen LogP contribution in [0.2, 0.25) is 0 Å². The van der Waals surface area contributed by atoms with Crippen LogP contribution >= 0.6 is 0 Å². The topological polar surface area (TPSA) is 80.6 Å². The van der Waals surface area contributed by atoms with Crippen molar-refractivity contribution in [3.63, 3.8) is 0 Å². The zero-order valence-corrected chi connectivity index (χ0v) is 19.7. The van der Waals surface area contributed by atoms with E-state index in [-0.39, 0.29) is 16.2 Å². The van der Waals surface area contributed by atoms with Gasteiger partial charge in [-0.05, 0) is 25.0 Å². The first-order valence-electron chi connectivity index (χ1n) is 10.9. The molecule has 7 nitrogen and oxygen atoms in total. The van der Waals surface area contributed by atoms with Crippen LogP contribution in [0.25, 0.3) is 0 Å². The molecule has 1 aromatic heterocycles. The molecule has 0 saturated heterocycles. The lowest BCUT2D eigenvalue weighted by atomic mass is 9.78. The third kappa shape index (κ3) is 4.50. The Morgan fingerprint density at radius 3 is 2.45 bits per heavy atom. The SMILES string of the molecule is CCN(CC)S(=O)(=O)c1cc(C(=O)NCC2(c3ccccc3OC)CCCC2)n(C)c1. The third-order valence-electron chi connectivity index (χ3n) is 6.38. The van der Waals surface area contributed by atoms with Gasteiger partial charge in [0.1, 0.15) is 16.3 Å². The molecule has 1 fully saturated rings. The van der Waals surface area contributed by atoms with E-state index in [1.165, 1.54) is 16.6 Å². The molecule has 1 aliphatic carbocycles. The number of amides is 1. The van der Waals surface area contributed by atoms with Crippen molar-refractivity contribution >= 4 is 15.9 Å². The molecule has 0 unspecified atom stereocenters. The minimum Gasteiger partial charge on any atom is -0.496 e. The summed E-state index contributed by atoms with van der Waals surface area (Å²) in [4.78, 5) is 13.2. The van der Waals surface area contributed by atoms with E-state index in [2.05, 4.69) is 11.4 Å². The zero-order chi connectivity index (χ0) is 22.6. The van der Waals surface area contributed by atoms with Crippen LogP contribution in [-0.2, 0) is 22.5 Å². The quantitative estimate of drug-likeness (QED) is 0.640. The van der Waals surface area contributed by atoms with Gasteiger partial charge in [-0.15, -0.1) is 0 Å². The number of methoxy groups -OCH3 is 1. The summed E-state index contributed by atoms with van der Waals surface area (Å²) in [5.41, 5.74) is 1.27. The summed E-state index contributed by atoms with van der Waals surface area (Å²) >= 11 is 0. The van der Waals surface area contributed by atoms with Crippen molar-refractivity contribution in [2.45, 2.75) is 49.8 Å². The van der Waals surface area contributed by atoms with Gasteiger partial charge in [-0.3, -0.25) is 4.79 Å². The van der Waals surface area contributed by atoms with Crippen LogP contribution in [0.15, 0.2) is 41.4 Å². The molecule has 0 aliphatic heterocycles. The number of benzene rings is 1. The van der Waals surface area contributed by atoms with Crippen molar-refractivity contribution in [3.8, 4) is 5.75 Å². The second-order valence-electron chi connectivity index (χ2n) is 8.13. The fourth-order valence-corrected chi connectivity index (χ4v) is 6.16. The number of carbonyl (C=O) groups excluding carboxylic acids is 1. The molecule has 1 aromatic carbocycles. The third-order valence-corrected chi connectivity index (χ3v) is 8.40. The molecule has 8 heteroatoms. The Morgan fingerprint density at radius 1 is 1.19 bits per heavy atom. The van der Waals surface area contributed by atoms with E-state index in [0.717, 1.165) is 37.0 Å². The van der Waals surface area contributed by atoms with Gasteiger partial charge in [0.25, 0.3) is 5.91 Å². The Balaban J connectivity index is 1.83. The number of carbonyl (C=O) groups is 1. The van der Waals surface area contributed by atoms with Crippen LogP contribution in [0.4, 0.5) is 0 Å². The highest BCUT2D eigenvalue weighted by molar-refractivity contribution is 7.89. The number of rotatable bonds is 9. The van der Waals surface area contributed by atoms with Crippen LogP contribution in [0.3, 0.4) is 0 Å². The lowest BCUT2D eigenvalue weighted by Gasteiger charge is -2.31. The molecule has 1 amide bonds. The monoisotopic (exact) mass is 447 g/mol. The van der Waals surface area contributed by atoms with E-state index in [1.807, 2.05) is 18.2 Å². The van der Waals surface area contributed by atoms with E-state index < -0.39 is 10.0 Å². The highest BCUT2D eigenvalue weighted by Gasteiger charge is 2.38. The molecule has 31 heavy (non-hydrogen) atoms. The highest BCUT2D eigenvalue weighted by Crippen LogP contribution is 2.44. The summed E-state index contributed by atoms with van der Waals surface area (Å²) in [5, 5.41) is 3.07. The number of aryl methyl sites for hydroxylation is 1. The van der Waals surface area contributed by atoms with Gasteiger partial charge in [0.15, 0.2) is 0 Å². The molecule has 0 radical (unpaired) electrons. The smallest absolute Gasteiger partial charge is 0.267 e. The first-order chi connectivity index (χ1) is 14.8. The van der Waals surface area contributed by atoms with E-state index in [4.69, 9.17) is 4.74 Å². The standard InChI is InChI=1S/C23H33N3O4S/c1-5-26(6-2)31(28,29)18-15-20(25(3)16-18)22(27)24-17-23(13-9-10-14-23)19-11-7-8-12-21(19)30-4/h7-8,11-12,15-16H,5-6,9-10,13-14,17H2,1-4H3,(H,24,27). The summed E-state index contributed by atoms with van der Waals surface area (Å²) in [5.74, 6) is 0.565. The summed E-state index contributed by atoms with van der Waals surface area (Å²) in [6.07, 6.45) is 5.66. The number of nitrogens with one attached hydrogen (secondary N) is 1. The average molecular weight is 448 g/mol. The molecule has 0 atom stereocenters. The predicted molar refractivity (Wildman–Crippen MR) is 121 cm³/mol. The first kappa shape index (κ1) is 23.3. The normalized spacial score (nSPS) is 15.9. The first-order valence-corrected chi connectivity index (χ1v) is 12.3. The molecule has 3 rings (SSSR count). The van der Waals surface area contributed by atoms with Crippen LogP contribution in [0.5, 0.6) is 5.75 Å². The van der Waals surface area contributed by atoms with Gasteiger partial charge < -0.3 is 14.6 Å². The van der Waals surface area contributed by atoms with Gasteiger partial charge in [0.2, 0.25) is 10.0 Å². The van der Waals surface area contributed by atoms with Gasteiger partial charge in [-0.25, -0.2) is 8.42 Å². The number of hydrogen-bond donors (Lipinski definition) is 1. The highest BCUT2D eigenvalue weighted by atomic mass is 32.2. The zero-order valence-electron chi connectivity index (χ0n) is 18.8. The second kappa shape index (κ2) is 9.44. The molecule has 0 bridgehead atoms. The molecule has 1 saturated carbocycles. The van der Waals surface area contributed by atoms with E-state index in [1.54, 1.807) is 32.6 Å². The summed E-state index contributed by atoms with van der Waals surface area (Å²) < 4.78 is 34.2. The summed E-state index contributed by atoms with van der Waals surface area (Å²) in [7, 11) is -0.250. The molecule has 170 valence electrons. The molecule has 1 N–H and O–H groups in total. The van der Waals surface area contributed by atoms with Crippen molar-refractivity contribution in [3.05, 3.63) is 47.8 Å². The number of para-hydroxylation sites is 1. The van der Waals surface area contributed by atoms with Crippen molar-refractivity contribution in [1.29, 1.82) is 0 Å². The van der Waals surface area contributed by atoms with Crippen LogP contribution < -0.4 is 10.1 Å². The molecule has 1 aliphatic rings. The van der Waals surface area contributed by atoms with E-state index in [0.29, 0.717) is 25.3 Å². The average Bonchev–Trinajstić information content (AvgIpc) is 3.40. The number of hydrogen-bond acceptors (Lipinski definition) is 4. The lowest BCUT2D eigenvalue weighted by Crippen LogP contribution is -2.39. The minimum absolute atomic E-state index is 0.143. The number of nitrogens with zero attached hydrogens (tertiary/aromatic N) is 2. The Bertz CT molecular complexity index is 1020. The summed E-state index contributed by atoms with van der Waals surface area (Å²) in [6, 6.07) is 9.45. The van der Waals surface area contributed by atoms with E-state index in [9.17, 15) is 13.2 Å². The van der Waals surface area contributed by atoms with Crippen molar-refractivity contribution < 1.29 is 17.9 Å². The maximum Gasteiger partial charge on any atom is 0.267 e. The Labute approximate surface area is 185 Å². The largest absolute Gasteiger partial charge is 0.496 e. The maximum atomic E-state index is 13.0.